The van der Waals surface area contributed by atoms with E-state index in [9.17, 15) is 9.59 Å². The van der Waals surface area contributed by atoms with Gasteiger partial charge in [-0.3, -0.25) is 9.59 Å². The summed E-state index contributed by atoms with van der Waals surface area (Å²) >= 11 is 11.7. The van der Waals surface area contributed by atoms with E-state index in [4.69, 9.17) is 23.2 Å². The Morgan fingerprint density at radius 2 is 1.73 bits per heavy atom. The van der Waals surface area contributed by atoms with E-state index in [-0.39, 0.29) is 6.42 Å². The number of halogens is 2. The van der Waals surface area contributed by atoms with Gasteiger partial charge in [-0.1, -0.05) is 53.5 Å². The molecule has 2 aromatic rings. The largest absolute Gasteiger partial charge is 0.326 e. The Hall–Kier alpha value is -2.37. The van der Waals surface area contributed by atoms with Gasteiger partial charge in [0.15, 0.2) is 0 Å². The molecule has 0 fully saturated rings. The first-order chi connectivity index (χ1) is 12.4. The third-order valence-corrected chi connectivity index (χ3v) is 4.25. The van der Waals surface area contributed by atoms with Crippen LogP contribution in [0.4, 0.5) is 5.69 Å². The number of nitrogens with one attached hydrogen (secondary N) is 2. The molecule has 0 heterocycles. The van der Waals surface area contributed by atoms with E-state index in [2.05, 4.69) is 15.8 Å². The lowest BCUT2D eigenvalue weighted by molar-refractivity contribution is -0.126. The van der Waals surface area contributed by atoms with Gasteiger partial charge in [-0.05, 0) is 43.5 Å². The zero-order valence-electron chi connectivity index (χ0n) is 14.3. The highest BCUT2D eigenvalue weighted by molar-refractivity contribution is 6.42. The van der Waals surface area contributed by atoms with Gasteiger partial charge in [-0.25, -0.2) is 5.43 Å². The van der Waals surface area contributed by atoms with Crippen LogP contribution in [0.5, 0.6) is 0 Å². The molecule has 2 amide bonds. The molecule has 0 spiro atoms. The van der Waals surface area contributed by atoms with E-state index < -0.39 is 11.8 Å². The van der Waals surface area contributed by atoms with E-state index in [1.807, 2.05) is 37.3 Å². The van der Waals surface area contributed by atoms with Crippen LogP contribution in [0.1, 0.15) is 25.3 Å². The van der Waals surface area contributed by atoms with Crippen LogP contribution in [-0.2, 0) is 16.0 Å². The average molecular weight is 392 g/mol. The Morgan fingerprint density at radius 1 is 1.00 bits per heavy atom. The van der Waals surface area contributed by atoms with Gasteiger partial charge in [-0.15, -0.1) is 0 Å². The number of carbonyl (C=O) groups is 2. The molecular formula is C19H19Cl2N3O2. The lowest BCUT2D eigenvalue weighted by atomic mass is 10.1. The SMILES string of the molecule is C/C(CCc1ccccc1)=N\NC(=O)CC(=O)Nc1ccc(Cl)c(Cl)c1. The van der Waals surface area contributed by atoms with Crippen molar-refractivity contribution >= 4 is 46.4 Å². The molecule has 0 atom stereocenters. The first-order valence-corrected chi connectivity index (χ1v) is 8.80. The second-order valence-electron chi connectivity index (χ2n) is 5.72. The Morgan fingerprint density at radius 3 is 2.42 bits per heavy atom. The van der Waals surface area contributed by atoms with Crippen molar-refractivity contribution in [1.29, 1.82) is 0 Å². The Balaban J connectivity index is 1.76. The van der Waals surface area contributed by atoms with Crippen LogP contribution < -0.4 is 10.7 Å². The molecule has 26 heavy (non-hydrogen) atoms. The Kier molecular flexibility index (Phi) is 7.63. The number of rotatable bonds is 7. The van der Waals surface area contributed by atoms with Gasteiger partial charge in [0.1, 0.15) is 6.42 Å². The van der Waals surface area contributed by atoms with Crippen molar-refractivity contribution in [3.05, 3.63) is 64.1 Å². The number of nitrogens with zero attached hydrogens (tertiary/aromatic N) is 1. The molecule has 2 N–H and O–H groups in total. The summed E-state index contributed by atoms with van der Waals surface area (Å²) in [6.07, 6.45) is 1.22. The molecule has 2 rings (SSSR count). The Labute approximate surface area is 162 Å². The number of hydrazone groups is 1. The van der Waals surface area contributed by atoms with Crippen LogP contribution in [0.3, 0.4) is 0 Å². The van der Waals surface area contributed by atoms with Crippen LogP contribution >= 0.6 is 23.2 Å². The average Bonchev–Trinajstić information content (AvgIpc) is 2.62. The second kappa shape index (κ2) is 9.94. The van der Waals surface area contributed by atoms with Crippen LogP contribution in [0.2, 0.25) is 10.0 Å². The first kappa shape index (κ1) is 19.9. The minimum Gasteiger partial charge on any atom is -0.326 e. The molecule has 0 aliphatic carbocycles. The van der Waals surface area contributed by atoms with Crippen molar-refractivity contribution in [2.75, 3.05) is 5.32 Å². The van der Waals surface area contributed by atoms with Gasteiger partial charge in [0.25, 0.3) is 0 Å². The second-order valence-corrected chi connectivity index (χ2v) is 6.54. The number of anilines is 1. The van der Waals surface area contributed by atoms with E-state index in [1.165, 1.54) is 11.6 Å². The topological polar surface area (TPSA) is 70.6 Å². The predicted octanol–water partition coefficient (Wildman–Crippen LogP) is 4.45. The zero-order chi connectivity index (χ0) is 18.9. The highest BCUT2D eigenvalue weighted by Gasteiger charge is 2.10. The third-order valence-electron chi connectivity index (χ3n) is 3.51. The maximum Gasteiger partial charge on any atom is 0.249 e. The van der Waals surface area contributed by atoms with Gasteiger partial charge >= 0.3 is 0 Å². The smallest absolute Gasteiger partial charge is 0.249 e. The number of amides is 2. The van der Waals surface area contributed by atoms with Crippen LogP contribution in [-0.4, -0.2) is 17.5 Å². The minimum atomic E-state index is -0.485. The zero-order valence-corrected chi connectivity index (χ0v) is 15.8. The molecular weight excluding hydrogens is 373 g/mol. The number of benzene rings is 2. The fourth-order valence-corrected chi connectivity index (χ4v) is 2.45. The maximum absolute atomic E-state index is 11.9. The molecule has 0 bridgehead atoms. The summed E-state index contributed by atoms with van der Waals surface area (Å²) in [6.45, 7) is 1.83. The number of hydrogen-bond acceptors (Lipinski definition) is 3. The molecule has 2 aromatic carbocycles. The van der Waals surface area contributed by atoms with Gasteiger partial charge in [0, 0.05) is 11.4 Å². The molecule has 0 aliphatic heterocycles. The van der Waals surface area contributed by atoms with E-state index in [0.29, 0.717) is 15.7 Å². The fraction of sp³-hybridized carbons (Fsp3) is 0.211. The summed E-state index contributed by atoms with van der Waals surface area (Å²) in [5, 5.41) is 7.33. The van der Waals surface area contributed by atoms with Crippen LogP contribution in [0.25, 0.3) is 0 Å². The van der Waals surface area contributed by atoms with Gasteiger partial charge in [-0.2, -0.15) is 5.10 Å². The minimum absolute atomic E-state index is 0.326. The quantitative estimate of drug-likeness (QED) is 0.415. The molecule has 5 nitrogen and oxygen atoms in total. The summed E-state index contributed by atoms with van der Waals surface area (Å²) in [5.74, 6) is -0.945. The van der Waals surface area contributed by atoms with Gasteiger partial charge in [0.2, 0.25) is 11.8 Å². The van der Waals surface area contributed by atoms with Gasteiger partial charge in [0.05, 0.1) is 10.0 Å². The van der Waals surface area contributed by atoms with Crippen molar-refractivity contribution in [2.45, 2.75) is 26.2 Å². The predicted molar refractivity (Wildman–Crippen MR) is 106 cm³/mol. The summed E-state index contributed by atoms with van der Waals surface area (Å²) < 4.78 is 0. The summed E-state index contributed by atoms with van der Waals surface area (Å²) in [5.41, 5.74) is 4.86. The fourth-order valence-electron chi connectivity index (χ4n) is 2.15. The summed E-state index contributed by atoms with van der Waals surface area (Å²) in [7, 11) is 0. The Bertz CT molecular complexity index is 808. The van der Waals surface area contributed by atoms with Crippen molar-refractivity contribution in [1.82, 2.24) is 5.43 Å². The lowest BCUT2D eigenvalue weighted by Gasteiger charge is -2.06. The number of aryl methyl sites for hydroxylation is 1. The molecule has 136 valence electrons. The molecule has 0 unspecified atom stereocenters. The molecule has 7 heteroatoms. The third kappa shape index (κ3) is 6.86. The monoisotopic (exact) mass is 391 g/mol. The first-order valence-electron chi connectivity index (χ1n) is 8.05. The van der Waals surface area contributed by atoms with Gasteiger partial charge < -0.3 is 5.32 Å². The highest BCUT2D eigenvalue weighted by atomic mass is 35.5. The van der Waals surface area contributed by atoms with Crippen molar-refractivity contribution < 1.29 is 9.59 Å². The van der Waals surface area contributed by atoms with Crippen LogP contribution in [0.15, 0.2) is 53.6 Å². The van der Waals surface area contributed by atoms with Crippen molar-refractivity contribution in [3.63, 3.8) is 0 Å². The molecule has 0 aliphatic rings. The van der Waals surface area contributed by atoms with Crippen LogP contribution in [0, 0.1) is 0 Å². The highest BCUT2D eigenvalue weighted by Crippen LogP contribution is 2.24. The summed E-state index contributed by atoms with van der Waals surface area (Å²) in [4.78, 5) is 23.7. The van der Waals surface area contributed by atoms with Crippen molar-refractivity contribution in [3.8, 4) is 0 Å². The van der Waals surface area contributed by atoms with E-state index >= 15 is 0 Å². The molecule has 0 aromatic heterocycles. The summed E-state index contributed by atoms with van der Waals surface area (Å²) in [6, 6.07) is 14.7. The standard InChI is InChI=1S/C19H19Cl2N3O2/c1-13(7-8-14-5-3-2-4-6-14)23-24-19(26)12-18(25)22-15-9-10-16(20)17(21)11-15/h2-6,9-11H,7-8,12H2,1H3,(H,22,25)(H,24,26)/b23-13+. The molecule has 0 radical (unpaired) electrons. The normalized spacial score (nSPS) is 11.1. The number of hydrogen-bond donors (Lipinski definition) is 2. The van der Waals surface area contributed by atoms with E-state index in [1.54, 1.807) is 12.1 Å². The lowest BCUT2D eigenvalue weighted by Crippen LogP contribution is -2.25. The van der Waals surface area contributed by atoms with Crippen molar-refractivity contribution in [2.24, 2.45) is 5.10 Å². The molecule has 0 saturated heterocycles. The molecule has 0 saturated carbocycles. The maximum atomic E-state index is 11.9. The number of carbonyl (C=O) groups excluding carboxylic acids is 2. The van der Waals surface area contributed by atoms with E-state index in [0.717, 1.165) is 18.6 Å².